The molecule has 1 unspecified atom stereocenters. The number of ketones is 1. The van der Waals surface area contributed by atoms with Crippen LogP contribution >= 0.6 is 11.6 Å². The Morgan fingerprint density at radius 2 is 1.66 bits per heavy atom. The molecule has 0 spiro atoms. The van der Waals surface area contributed by atoms with E-state index in [1.54, 1.807) is 43.3 Å². The summed E-state index contributed by atoms with van der Waals surface area (Å²) >= 11 is 6.42. The normalized spacial score (nSPS) is 16.8. The average molecular weight is 536 g/mol. The number of phenols is 1. The van der Waals surface area contributed by atoms with Crippen LogP contribution in [-0.4, -0.2) is 35.1 Å². The molecule has 198 valence electrons. The molecule has 3 aromatic carbocycles. The number of rotatable bonds is 8. The summed E-state index contributed by atoms with van der Waals surface area (Å²) < 4.78 is 11.1. The fraction of sp³-hybridized carbons (Fsp3) is 0.267. The molecule has 2 N–H and O–H groups in total. The summed E-state index contributed by atoms with van der Waals surface area (Å²) in [4.78, 5) is 28.3. The van der Waals surface area contributed by atoms with Crippen molar-refractivity contribution < 1.29 is 29.3 Å². The molecule has 0 aromatic heterocycles. The van der Waals surface area contributed by atoms with Gasteiger partial charge >= 0.3 is 0 Å². The number of aliphatic hydroxyl groups excluding tert-OH is 1. The maximum absolute atomic E-state index is 13.5. The number of amides is 1. The Bertz CT molecular complexity index is 1400. The van der Waals surface area contributed by atoms with Crippen LogP contribution in [0.3, 0.4) is 0 Å². The third-order valence-electron chi connectivity index (χ3n) is 6.39. The van der Waals surface area contributed by atoms with E-state index >= 15 is 0 Å². The summed E-state index contributed by atoms with van der Waals surface area (Å²) in [6.07, 6.45) is 0. The fourth-order valence-electron chi connectivity index (χ4n) is 4.49. The smallest absolute Gasteiger partial charge is 0.300 e. The van der Waals surface area contributed by atoms with Crippen LogP contribution in [0, 0.1) is 0 Å². The van der Waals surface area contributed by atoms with Crippen molar-refractivity contribution in [2.75, 3.05) is 18.1 Å². The lowest BCUT2D eigenvalue weighted by molar-refractivity contribution is -0.132. The molecule has 1 saturated heterocycles. The number of carbonyl (C=O) groups excluding carboxylic acids is 2. The summed E-state index contributed by atoms with van der Waals surface area (Å²) in [6.45, 7) is 8.42. The zero-order valence-electron chi connectivity index (χ0n) is 21.7. The first-order valence-electron chi connectivity index (χ1n) is 12.5. The highest BCUT2D eigenvalue weighted by Crippen LogP contribution is 2.45. The molecule has 8 heteroatoms. The second kappa shape index (κ2) is 11.2. The molecule has 1 amide bonds. The molecular weight excluding hydrogens is 506 g/mol. The second-order valence-corrected chi connectivity index (χ2v) is 9.56. The van der Waals surface area contributed by atoms with Gasteiger partial charge in [-0.05, 0) is 73.4 Å². The third kappa shape index (κ3) is 5.07. The zero-order chi connectivity index (χ0) is 27.6. The molecule has 7 nitrogen and oxygen atoms in total. The number of hydrogen-bond acceptors (Lipinski definition) is 6. The number of aromatic hydroxyl groups is 1. The van der Waals surface area contributed by atoms with Crippen molar-refractivity contribution >= 4 is 34.7 Å². The van der Waals surface area contributed by atoms with Crippen LogP contribution < -0.4 is 14.4 Å². The summed E-state index contributed by atoms with van der Waals surface area (Å²) in [5.74, 6) is -1.23. The van der Waals surface area contributed by atoms with Gasteiger partial charge in [0.2, 0.25) is 0 Å². The molecular formula is C30H30ClNO6. The molecule has 0 radical (unpaired) electrons. The number of aliphatic hydroxyl groups is 1. The van der Waals surface area contributed by atoms with Crippen molar-refractivity contribution in [3.63, 3.8) is 0 Å². The van der Waals surface area contributed by atoms with Gasteiger partial charge in [-0.15, -0.1) is 0 Å². The SMILES string of the molecule is CCOc1ccc(Cl)c(/C(O)=C2\C(=O)C(=O)N(c3ccc(C(C)C)cc3)C2c2ccc(O)c(OCC)c2)c1. The van der Waals surface area contributed by atoms with Gasteiger partial charge in [0.15, 0.2) is 11.5 Å². The molecule has 0 saturated carbocycles. The first-order chi connectivity index (χ1) is 18.2. The first-order valence-corrected chi connectivity index (χ1v) is 12.8. The number of phenolic OH excluding ortho intramolecular Hbond substituents is 1. The van der Waals surface area contributed by atoms with E-state index in [1.165, 1.54) is 17.0 Å². The van der Waals surface area contributed by atoms with Crippen LogP contribution in [0.25, 0.3) is 5.76 Å². The van der Waals surface area contributed by atoms with E-state index in [1.807, 2.05) is 19.1 Å². The molecule has 1 atom stereocenters. The van der Waals surface area contributed by atoms with Gasteiger partial charge < -0.3 is 19.7 Å². The minimum Gasteiger partial charge on any atom is -0.507 e. The highest BCUT2D eigenvalue weighted by atomic mass is 35.5. The zero-order valence-corrected chi connectivity index (χ0v) is 22.5. The van der Waals surface area contributed by atoms with Crippen molar-refractivity contribution in [1.29, 1.82) is 0 Å². The fourth-order valence-corrected chi connectivity index (χ4v) is 4.70. The van der Waals surface area contributed by atoms with Crippen molar-refractivity contribution in [2.45, 2.75) is 39.7 Å². The number of hydrogen-bond donors (Lipinski definition) is 2. The number of Topliss-reactive ketones (excluding diaryl/α,β-unsaturated/α-hetero) is 1. The van der Waals surface area contributed by atoms with Crippen molar-refractivity contribution in [2.24, 2.45) is 0 Å². The van der Waals surface area contributed by atoms with E-state index in [9.17, 15) is 19.8 Å². The lowest BCUT2D eigenvalue weighted by Crippen LogP contribution is -2.29. The Hall–Kier alpha value is -3.97. The number of ether oxygens (including phenoxy) is 2. The molecule has 38 heavy (non-hydrogen) atoms. The van der Waals surface area contributed by atoms with Crippen LogP contribution in [0.15, 0.2) is 66.2 Å². The summed E-state index contributed by atoms with van der Waals surface area (Å²) in [6, 6.07) is 15.7. The van der Waals surface area contributed by atoms with E-state index in [2.05, 4.69) is 13.8 Å². The van der Waals surface area contributed by atoms with Crippen LogP contribution in [-0.2, 0) is 9.59 Å². The first kappa shape index (κ1) is 27.1. The molecule has 1 aliphatic rings. The monoisotopic (exact) mass is 535 g/mol. The minimum absolute atomic E-state index is 0.0821. The molecule has 1 heterocycles. The van der Waals surface area contributed by atoms with Crippen LogP contribution in [0.2, 0.25) is 5.02 Å². The third-order valence-corrected chi connectivity index (χ3v) is 6.72. The van der Waals surface area contributed by atoms with Gasteiger partial charge in [0.1, 0.15) is 11.5 Å². The lowest BCUT2D eigenvalue weighted by atomic mass is 9.94. The Kier molecular flexibility index (Phi) is 7.97. The van der Waals surface area contributed by atoms with Gasteiger partial charge in [-0.1, -0.05) is 43.6 Å². The largest absolute Gasteiger partial charge is 0.507 e. The summed E-state index contributed by atoms with van der Waals surface area (Å²) in [7, 11) is 0. The summed E-state index contributed by atoms with van der Waals surface area (Å²) in [5.41, 5.74) is 2.06. The molecule has 4 rings (SSSR count). The maximum atomic E-state index is 13.5. The number of nitrogens with zero attached hydrogens (tertiary/aromatic N) is 1. The van der Waals surface area contributed by atoms with E-state index in [0.29, 0.717) is 30.2 Å². The number of carbonyl (C=O) groups is 2. The van der Waals surface area contributed by atoms with Crippen LogP contribution in [0.1, 0.15) is 56.3 Å². The van der Waals surface area contributed by atoms with Gasteiger partial charge in [-0.2, -0.15) is 0 Å². The average Bonchev–Trinajstić information content (AvgIpc) is 3.16. The molecule has 0 aliphatic carbocycles. The van der Waals surface area contributed by atoms with Crippen LogP contribution in [0.4, 0.5) is 5.69 Å². The predicted octanol–water partition coefficient (Wildman–Crippen LogP) is 6.59. The van der Waals surface area contributed by atoms with Crippen LogP contribution in [0.5, 0.6) is 17.2 Å². The van der Waals surface area contributed by atoms with Gasteiger partial charge in [0, 0.05) is 11.3 Å². The van der Waals surface area contributed by atoms with Gasteiger partial charge in [0.05, 0.1) is 29.9 Å². The number of benzene rings is 3. The minimum atomic E-state index is -1.01. The highest BCUT2D eigenvalue weighted by molar-refractivity contribution is 6.52. The Balaban J connectivity index is 1.95. The van der Waals surface area contributed by atoms with E-state index in [4.69, 9.17) is 21.1 Å². The Morgan fingerprint density at radius 3 is 2.29 bits per heavy atom. The Labute approximate surface area is 226 Å². The highest BCUT2D eigenvalue weighted by Gasteiger charge is 2.47. The Morgan fingerprint density at radius 1 is 0.974 bits per heavy atom. The molecule has 1 fully saturated rings. The maximum Gasteiger partial charge on any atom is 0.300 e. The second-order valence-electron chi connectivity index (χ2n) is 9.15. The number of anilines is 1. The van der Waals surface area contributed by atoms with E-state index in [0.717, 1.165) is 5.56 Å². The lowest BCUT2D eigenvalue weighted by Gasteiger charge is -2.26. The van der Waals surface area contributed by atoms with E-state index in [-0.39, 0.29) is 33.6 Å². The standard InChI is InChI=1S/C30H30ClNO6/c1-5-37-21-12-13-23(31)22(16-21)28(34)26-27(19-9-14-24(33)25(15-19)38-6-2)32(30(36)29(26)35)20-10-7-18(8-11-20)17(3)4/h7-17,27,33-34H,5-6H2,1-4H3/b28-26+. The predicted molar refractivity (Wildman–Crippen MR) is 147 cm³/mol. The topological polar surface area (TPSA) is 96.3 Å². The summed E-state index contributed by atoms with van der Waals surface area (Å²) in [5, 5.41) is 22.0. The van der Waals surface area contributed by atoms with Gasteiger partial charge in [-0.25, -0.2) is 0 Å². The molecule has 3 aromatic rings. The quantitative estimate of drug-likeness (QED) is 0.192. The molecule has 0 bridgehead atoms. The van der Waals surface area contributed by atoms with Crippen molar-refractivity contribution in [1.82, 2.24) is 0 Å². The number of halogens is 1. The van der Waals surface area contributed by atoms with Crippen molar-refractivity contribution in [3.05, 3.63) is 87.9 Å². The van der Waals surface area contributed by atoms with Crippen molar-refractivity contribution in [3.8, 4) is 17.2 Å². The van der Waals surface area contributed by atoms with E-state index < -0.39 is 23.5 Å². The van der Waals surface area contributed by atoms with Gasteiger partial charge in [-0.3, -0.25) is 14.5 Å². The van der Waals surface area contributed by atoms with Gasteiger partial charge in [0.25, 0.3) is 11.7 Å². The molecule has 1 aliphatic heterocycles.